The maximum Gasteiger partial charge on any atom is 0.279 e. The van der Waals surface area contributed by atoms with E-state index in [4.69, 9.17) is 9.47 Å². The second kappa shape index (κ2) is 7.58. The van der Waals surface area contributed by atoms with Crippen LogP contribution in [-0.4, -0.2) is 29.6 Å². The fourth-order valence-corrected chi connectivity index (χ4v) is 3.94. The monoisotopic (exact) mass is 387 g/mol. The smallest absolute Gasteiger partial charge is 0.279 e. The number of nitro benzene ring substituents is 1. The number of methoxy groups -OCH3 is 2. The summed E-state index contributed by atoms with van der Waals surface area (Å²) in [5.41, 5.74) is 0.789. The summed E-state index contributed by atoms with van der Waals surface area (Å²) in [6.07, 6.45) is 0. The molecule has 140 valence electrons. The first-order valence-corrected chi connectivity index (χ1v) is 8.89. The van der Waals surface area contributed by atoms with Gasteiger partial charge in [0.25, 0.3) is 11.6 Å². The Bertz CT molecular complexity index is 1100. The standard InChI is InChI=1S/C18H17N3O5S/c1-4-20-15-13(25-2)8-9-14(26-3)16(15)27-18(20)19-17(22)11-6-5-7-12(10-11)21(23)24/h5-10H,4H2,1-3H3. The fourth-order valence-electron chi connectivity index (χ4n) is 2.74. The molecular weight excluding hydrogens is 370 g/mol. The van der Waals surface area contributed by atoms with E-state index in [0.717, 1.165) is 10.2 Å². The molecule has 0 radical (unpaired) electrons. The normalized spacial score (nSPS) is 11.6. The van der Waals surface area contributed by atoms with Crippen LogP contribution in [0.1, 0.15) is 17.3 Å². The summed E-state index contributed by atoms with van der Waals surface area (Å²) in [7, 11) is 3.15. The molecule has 0 fully saturated rings. The van der Waals surface area contributed by atoms with Gasteiger partial charge in [0.05, 0.1) is 19.1 Å². The van der Waals surface area contributed by atoms with Crippen molar-refractivity contribution in [3.05, 3.63) is 56.9 Å². The molecular formula is C18H17N3O5S. The summed E-state index contributed by atoms with van der Waals surface area (Å²) in [5.74, 6) is 0.751. The van der Waals surface area contributed by atoms with Gasteiger partial charge in [-0.2, -0.15) is 4.99 Å². The molecule has 1 heterocycles. The molecule has 3 aromatic rings. The van der Waals surface area contributed by atoms with Gasteiger partial charge < -0.3 is 14.0 Å². The van der Waals surface area contributed by atoms with Crippen LogP contribution >= 0.6 is 11.3 Å². The van der Waals surface area contributed by atoms with Crippen molar-refractivity contribution in [3.8, 4) is 11.5 Å². The van der Waals surface area contributed by atoms with Gasteiger partial charge >= 0.3 is 0 Å². The van der Waals surface area contributed by atoms with Gasteiger partial charge in [0.2, 0.25) is 0 Å². The van der Waals surface area contributed by atoms with Gasteiger partial charge in [-0.3, -0.25) is 14.9 Å². The van der Waals surface area contributed by atoms with E-state index >= 15 is 0 Å². The zero-order valence-electron chi connectivity index (χ0n) is 15.0. The quantitative estimate of drug-likeness (QED) is 0.494. The average molecular weight is 387 g/mol. The Hall–Kier alpha value is -3.20. The molecule has 0 aliphatic heterocycles. The summed E-state index contributed by atoms with van der Waals surface area (Å²) in [6.45, 7) is 2.49. The summed E-state index contributed by atoms with van der Waals surface area (Å²) in [4.78, 5) is 27.6. The lowest BCUT2D eigenvalue weighted by atomic mass is 10.2. The number of fused-ring (bicyclic) bond motifs is 1. The molecule has 0 saturated heterocycles. The third kappa shape index (κ3) is 3.41. The average Bonchev–Trinajstić information content (AvgIpc) is 3.05. The lowest BCUT2D eigenvalue weighted by Crippen LogP contribution is -2.16. The molecule has 0 bridgehead atoms. The summed E-state index contributed by atoms with van der Waals surface area (Å²) in [6, 6.07) is 9.11. The Morgan fingerprint density at radius 3 is 2.56 bits per heavy atom. The van der Waals surface area contributed by atoms with Gasteiger partial charge in [0.1, 0.15) is 21.7 Å². The minimum absolute atomic E-state index is 0.154. The highest BCUT2D eigenvalue weighted by Gasteiger charge is 2.16. The van der Waals surface area contributed by atoms with Crippen LogP contribution in [0.4, 0.5) is 5.69 Å². The van der Waals surface area contributed by atoms with Crippen LogP contribution in [0.3, 0.4) is 0 Å². The molecule has 1 aromatic heterocycles. The zero-order chi connectivity index (χ0) is 19.6. The number of nitro groups is 1. The SMILES string of the molecule is CCn1c(=NC(=O)c2cccc([N+](=O)[O-])c2)sc2c(OC)ccc(OC)c21. The predicted molar refractivity (Wildman–Crippen MR) is 102 cm³/mol. The lowest BCUT2D eigenvalue weighted by molar-refractivity contribution is -0.384. The van der Waals surface area contributed by atoms with E-state index in [2.05, 4.69) is 4.99 Å². The van der Waals surface area contributed by atoms with Crippen LogP contribution < -0.4 is 14.3 Å². The van der Waals surface area contributed by atoms with Crippen LogP contribution in [0.15, 0.2) is 41.4 Å². The molecule has 0 atom stereocenters. The Kier molecular flexibility index (Phi) is 5.22. The van der Waals surface area contributed by atoms with E-state index < -0.39 is 10.8 Å². The van der Waals surface area contributed by atoms with Crippen molar-refractivity contribution in [2.75, 3.05) is 14.2 Å². The highest BCUT2D eigenvalue weighted by Crippen LogP contribution is 2.35. The van der Waals surface area contributed by atoms with Gasteiger partial charge in [0.15, 0.2) is 4.80 Å². The largest absolute Gasteiger partial charge is 0.495 e. The molecule has 0 aliphatic rings. The van der Waals surface area contributed by atoms with E-state index in [1.54, 1.807) is 26.4 Å². The molecule has 1 amide bonds. The van der Waals surface area contributed by atoms with Crippen molar-refractivity contribution in [1.82, 2.24) is 4.57 Å². The van der Waals surface area contributed by atoms with Crippen molar-refractivity contribution < 1.29 is 19.2 Å². The second-order valence-corrected chi connectivity index (χ2v) is 6.48. The number of hydrogen-bond acceptors (Lipinski definition) is 6. The van der Waals surface area contributed by atoms with E-state index in [1.165, 1.54) is 35.6 Å². The number of thiazole rings is 1. The van der Waals surface area contributed by atoms with Crippen molar-refractivity contribution in [2.45, 2.75) is 13.5 Å². The number of nitrogens with zero attached hydrogens (tertiary/aromatic N) is 3. The molecule has 0 aliphatic carbocycles. The number of aryl methyl sites for hydroxylation is 1. The van der Waals surface area contributed by atoms with Crippen molar-refractivity contribution in [1.29, 1.82) is 0 Å². The molecule has 3 rings (SSSR count). The van der Waals surface area contributed by atoms with Crippen LogP contribution in [0.2, 0.25) is 0 Å². The molecule has 9 heteroatoms. The minimum atomic E-state index is -0.551. The molecule has 2 aromatic carbocycles. The molecule has 0 spiro atoms. The molecule has 8 nitrogen and oxygen atoms in total. The first kappa shape index (κ1) is 18.6. The Balaban J connectivity index is 2.20. The van der Waals surface area contributed by atoms with E-state index in [-0.39, 0.29) is 11.3 Å². The van der Waals surface area contributed by atoms with Gasteiger partial charge in [-0.1, -0.05) is 17.4 Å². The van der Waals surface area contributed by atoms with Crippen molar-refractivity contribution in [3.63, 3.8) is 0 Å². The zero-order valence-corrected chi connectivity index (χ0v) is 15.8. The van der Waals surface area contributed by atoms with Crippen LogP contribution in [0.5, 0.6) is 11.5 Å². The van der Waals surface area contributed by atoms with Crippen LogP contribution in [0, 0.1) is 10.1 Å². The van der Waals surface area contributed by atoms with Crippen molar-refractivity contribution >= 4 is 33.1 Å². The highest BCUT2D eigenvalue weighted by molar-refractivity contribution is 7.16. The van der Waals surface area contributed by atoms with Gasteiger partial charge in [-0.25, -0.2) is 0 Å². The summed E-state index contributed by atoms with van der Waals surface area (Å²) in [5, 5.41) is 10.9. The summed E-state index contributed by atoms with van der Waals surface area (Å²) >= 11 is 1.30. The first-order chi connectivity index (χ1) is 13.0. The number of carbonyl (C=O) groups is 1. The molecule has 0 saturated carbocycles. The second-order valence-electron chi connectivity index (χ2n) is 5.50. The maximum absolute atomic E-state index is 12.6. The number of ether oxygens (including phenoxy) is 2. The Morgan fingerprint density at radius 2 is 1.93 bits per heavy atom. The Labute approximate surface area is 158 Å². The number of non-ortho nitro benzene ring substituents is 1. The van der Waals surface area contributed by atoms with E-state index in [9.17, 15) is 14.9 Å². The number of carbonyl (C=O) groups excluding carboxylic acids is 1. The number of benzene rings is 2. The minimum Gasteiger partial charge on any atom is -0.495 e. The topological polar surface area (TPSA) is 96.0 Å². The number of amides is 1. The molecule has 0 N–H and O–H groups in total. The van der Waals surface area contributed by atoms with Gasteiger partial charge in [0, 0.05) is 24.2 Å². The van der Waals surface area contributed by atoms with Gasteiger partial charge in [-0.15, -0.1) is 0 Å². The van der Waals surface area contributed by atoms with E-state index in [1.807, 2.05) is 11.5 Å². The van der Waals surface area contributed by atoms with Crippen molar-refractivity contribution in [2.24, 2.45) is 4.99 Å². The maximum atomic E-state index is 12.6. The first-order valence-electron chi connectivity index (χ1n) is 8.08. The van der Waals surface area contributed by atoms with Gasteiger partial charge in [-0.05, 0) is 25.1 Å². The lowest BCUT2D eigenvalue weighted by Gasteiger charge is -2.08. The van der Waals surface area contributed by atoms with Crippen LogP contribution in [0.25, 0.3) is 10.2 Å². The highest BCUT2D eigenvalue weighted by atomic mass is 32.1. The number of hydrogen-bond donors (Lipinski definition) is 0. The summed E-state index contributed by atoms with van der Waals surface area (Å²) < 4.78 is 13.5. The third-order valence-corrected chi connectivity index (χ3v) is 5.10. The van der Waals surface area contributed by atoms with E-state index in [0.29, 0.717) is 22.8 Å². The fraction of sp³-hybridized carbons (Fsp3) is 0.222. The predicted octanol–water partition coefficient (Wildman–Crippen LogP) is 3.39. The Morgan fingerprint density at radius 1 is 1.22 bits per heavy atom. The van der Waals surface area contributed by atoms with Crippen LogP contribution in [-0.2, 0) is 6.54 Å². The number of rotatable bonds is 5. The molecule has 27 heavy (non-hydrogen) atoms. The third-order valence-electron chi connectivity index (χ3n) is 4.01. The molecule has 0 unspecified atom stereocenters. The number of aromatic nitrogens is 1.